The van der Waals surface area contributed by atoms with E-state index >= 15 is 0 Å². The van der Waals surface area contributed by atoms with Crippen molar-refractivity contribution in [3.05, 3.63) is 70.4 Å². The highest BCUT2D eigenvalue weighted by molar-refractivity contribution is 6.35. The molecule has 2 aromatic carbocycles. The number of anilines is 1. The van der Waals surface area contributed by atoms with Gasteiger partial charge in [-0.1, -0.05) is 17.7 Å². The van der Waals surface area contributed by atoms with E-state index in [9.17, 15) is 14.4 Å². The summed E-state index contributed by atoms with van der Waals surface area (Å²) < 4.78 is 10.1. The third-order valence-electron chi connectivity index (χ3n) is 3.65. The molecule has 26 heavy (non-hydrogen) atoms. The van der Waals surface area contributed by atoms with Gasteiger partial charge in [0.2, 0.25) is 5.78 Å². The van der Waals surface area contributed by atoms with Crippen molar-refractivity contribution >= 4 is 35.0 Å². The van der Waals surface area contributed by atoms with Gasteiger partial charge in [-0.3, -0.25) is 4.79 Å². The van der Waals surface area contributed by atoms with Crippen LogP contribution in [-0.2, 0) is 9.53 Å². The molecule has 7 heteroatoms. The first-order valence-electron chi connectivity index (χ1n) is 7.80. The maximum Gasteiger partial charge on any atom is 0.349 e. The first-order chi connectivity index (χ1) is 12.5. The Morgan fingerprint density at radius 1 is 1.19 bits per heavy atom. The molecule has 2 aromatic rings. The molecule has 0 aromatic heterocycles. The predicted octanol–water partition coefficient (Wildman–Crippen LogP) is 3.61. The third kappa shape index (κ3) is 3.45. The van der Waals surface area contributed by atoms with Crippen LogP contribution in [-0.4, -0.2) is 24.3 Å². The van der Waals surface area contributed by atoms with Gasteiger partial charge in [0.25, 0.3) is 0 Å². The van der Waals surface area contributed by atoms with Gasteiger partial charge in [0, 0.05) is 11.9 Å². The Kier molecular flexibility index (Phi) is 5.04. The van der Waals surface area contributed by atoms with Crippen molar-refractivity contribution in [3.8, 4) is 5.75 Å². The molecule has 0 saturated carbocycles. The number of para-hydroxylation sites is 1. The molecule has 1 N–H and O–H groups in total. The van der Waals surface area contributed by atoms with Crippen molar-refractivity contribution in [2.45, 2.75) is 6.92 Å². The van der Waals surface area contributed by atoms with Gasteiger partial charge in [0.05, 0.1) is 22.8 Å². The number of rotatable bonds is 4. The first kappa shape index (κ1) is 17.7. The molecule has 0 atom stereocenters. The molecule has 1 aliphatic rings. The van der Waals surface area contributed by atoms with E-state index in [1.54, 1.807) is 43.3 Å². The van der Waals surface area contributed by atoms with Crippen molar-refractivity contribution < 1.29 is 23.9 Å². The van der Waals surface area contributed by atoms with Crippen LogP contribution in [0.4, 0.5) is 5.69 Å². The lowest BCUT2D eigenvalue weighted by Crippen LogP contribution is -2.26. The summed E-state index contributed by atoms with van der Waals surface area (Å²) >= 11 is 5.95. The molecule has 0 saturated heterocycles. The Bertz CT molecular complexity index is 918. The van der Waals surface area contributed by atoms with E-state index in [1.165, 1.54) is 12.3 Å². The Balaban J connectivity index is 1.79. The van der Waals surface area contributed by atoms with Gasteiger partial charge in [0.15, 0.2) is 5.75 Å². The lowest BCUT2D eigenvalue weighted by molar-refractivity contribution is -0.130. The van der Waals surface area contributed by atoms with E-state index in [4.69, 9.17) is 21.1 Å². The molecule has 0 unspecified atom stereocenters. The summed E-state index contributed by atoms with van der Waals surface area (Å²) in [6.45, 7) is 2.02. The second kappa shape index (κ2) is 7.41. The molecule has 0 fully saturated rings. The fraction of sp³-hybridized carbons (Fsp3) is 0.105. The summed E-state index contributed by atoms with van der Waals surface area (Å²) in [5, 5.41) is 3.05. The maximum atomic E-state index is 12.5. The van der Waals surface area contributed by atoms with Gasteiger partial charge < -0.3 is 14.8 Å². The number of nitrogens with one attached hydrogen (secondary N) is 1. The number of hydrogen-bond donors (Lipinski definition) is 1. The van der Waals surface area contributed by atoms with Gasteiger partial charge in [-0.15, -0.1) is 0 Å². The minimum absolute atomic E-state index is 0.0695. The maximum absolute atomic E-state index is 12.5. The number of esters is 2. The SMILES string of the molecule is CCOC(=O)c1ccc(NC=C2C(=O)Oc3c(Cl)cccc3C2=O)cc1. The summed E-state index contributed by atoms with van der Waals surface area (Å²) in [5.74, 6) is -1.61. The molecule has 0 bridgehead atoms. The van der Waals surface area contributed by atoms with Crippen molar-refractivity contribution in [3.63, 3.8) is 0 Å². The van der Waals surface area contributed by atoms with E-state index in [0.717, 1.165) is 0 Å². The molecule has 0 radical (unpaired) electrons. The minimum Gasteiger partial charge on any atom is -0.462 e. The van der Waals surface area contributed by atoms with E-state index in [-0.39, 0.29) is 21.9 Å². The van der Waals surface area contributed by atoms with Gasteiger partial charge >= 0.3 is 11.9 Å². The highest BCUT2D eigenvalue weighted by Crippen LogP contribution is 2.34. The number of ketones is 1. The van der Waals surface area contributed by atoms with Crippen molar-refractivity contribution in [2.75, 3.05) is 11.9 Å². The Labute approximate surface area is 154 Å². The van der Waals surface area contributed by atoms with Crippen molar-refractivity contribution in [1.29, 1.82) is 0 Å². The molecule has 3 rings (SSSR count). The number of halogens is 1. The molecule has 0 aliphatic carbocycles. The van der Waals surface area contributed by atoms with Gasteiger partial charge in [-0.25, -0.2) is 9.59 Å². The van der Waals surface area contributed by atoms with Crippen LogP contribution in [0.5, 0.6) is 5.75 Å². The molecule has 132 valence electrons. The second-order valence-corrected chi connectivity index (χ2v) is 5.74. The fourth-order valence-corrected chi connectivity index (χ4v) is 2.59. The average Bonchev–Trinajstić information content (AvgIpc) is 2.63. The van der Waals surface area contributed by atoms with Crippen molar-refractivity contribution in [1.82, 2.24) is 0 Å². The monoisotopic (exact) mass is 371 g/mol. The van der Waals surface area contributed by atoms with E-state index in [1.807, 2.05) is 0 Å². The minimum atomic E-state index is -0.786. The van der Waals surface area contributed by atoms with Crippen LogP contribution in [0.25, 0.3) is 0 Å². The summed E-state index contributed by atoms with van der Waals surface area (Å²) in [4.78, 5) is 36.2. The quantitative estimate of drug-likeness (QED) is 0.382. The summed E-state index contributed by atoms with van der Waals surface area (Å²) in [7, 11) is 0. The molecule has 1 heterocycles. The molecular formula is C19H14ClNO5. The van der Waals surface area contributed by atoms with Crippen LogP contribution in [0, 0.1) is 0 Å². The number of ether oxygens (including phenoxy) is 2. The summed E-state index contributed by atoms with van der Waals surface area (Å²) in [6, 6.07) is 11.1. The number of carbonyl (C=O) groups is 3. The zero-order chi connectivity index (χ0) is 18.7. The lowest BCUT2D eigenvalue weighted by atomic mass is 10.0. The zero-order valence-electron chi connectivity index (χ0n) is 13.7. The number of benzene rings is 2. The lowest BCUT2D eigenvalue weighted by Gasteiger charge is -2.17. The predicted molar refractivity (Wildman–Crippen MR) is 95.5 cm³/mol. The van der Waals surface area contributed by atoms with Crippen LogP contribution in [0.1, 0.15) is 27.6 Å². The van der Waals surface area contributed by atoms with E-state index in [0.29, 0.717) is 17.9 Å². The van der Waals surface area contributed by atoms with Crippen LogP contribution in [0.15, 0.2) is 54.2 Å². The molecule has 0 spiro atoms. The average molecular weight is 372 g/mol. The van der Waals surface area contributed by atoms with Crippen molar-refractivity contribution in [2.24, 2.45) is 0 Å². The molecule has 1 aliphatic heterocycles. The van der Waals surface area contributed by atoms with Crippen LogP contribution < -0.4 is 10.1 Å². The van der Waals surface area contributed by atoms with Crippen LogP contribution in [0.2, 0.25) is 5.02 Å². The Morgan fingerprint density at radius 3 is 2.62 bits per heavy atom. The summed E-state index contributed by atoms with van der Waals surface area (Å²) in [6.07, 6.45) is 1.27. The third-order valence-corrected chi connectivity index (χ3v) is 3.95. The largest absolute Gasteiger partial charge is 0.462 e. The van der Waals surface area contributed by atoms with Gasteiger partial charge in [-0.2, -0.15) is 0 Å². The first-order valence-corrected chi connectivity index (χ1v) is 8.18. The van der Waals surface area contributed by atoms with E-state index < -0.39 is 17.7 Å². The highest BCUT2D eigenvalue weighted by atomic mass is 35.5. The van der Waals surface area contributed by atoms with E-state index in [2.05, 4.69) is 5.32 Å². The standard InChI is InChI=1S/C19H14ClNO5/c1-2-25-18(23)11-6-8-12(9-7-11)21-10-14-16(22)13-4-3-5-15(20)17(13)26-19(14)24/h3-10,21H,2H2,1H3. The molecule has 6 nitrogen and oxygen atoms in total. The number of hydrogen-bond acceptors (Lipinski definition) is 6. The normalized spacial score (nSPS) is 14.6. The second-order valence-electron chi connectivity index (χ2n) is 5.34. The molecular weight excluding hydrogens is 358 g/mol. The van der Waals surface area contributed by atoms with Crippen LogP contribution >= 0.6 is 11.6 Å². The number of carbonyl (C=O) groups excluding carboxylic acids is 3. The summed E-state index contributed by atoms with van der Waals surface area (Å²) in [5.41, 5.74) is 1.07. The zero-order valence-corrected chi connectivity index (χ0v) is 14.5. The fourth-order valence-electron chi connectivity index (χ4n) is 2.37. The topological polar surface area (TPSA) is 81.7 Å². The Morgan fingerprint density at radius 2 is 1.92 bits per heavy atom. The van der Waals surface area contributed by atoms with Crippen LogP contribution in [0.3, 0.4) is 0 Å². The Hall–Kier alpha value is -3.12. The van der Waals surface area contributed by atoms with Gasteiger partial charge in [0.1, 0.15) is 5.57 Å². The highest BCUT2D eigenvalue weighted by Gasteiger charge is 2.32. The molecule has 0 amide bonds. The number of Topliss-reactive ketones (excluding diaryl/α,β-unsaturated/α-hetero) is 1. The number of fused-ring (bicyclic) bond motifs is 1. The smallest absolute Gasteiger partial charge is 0.349 e. The van der Waals surface area contributed by atoms with Gasteiger partial charge in [-0.05, 0) is 43.3 Å².